The van der Waals surface area contributed by atoms with E-state index in [0.717, 1.165) is 12.0 Å². The topological polar surface area (TPSA) is 120 Å². The molecule has 0 bridgehead atoms. The lowest BCUT2D eigenvalue weighted by Crippen LogP contribution is -2.28. The van der Waals surface area contributed by atoms with Crippen molar-refractivity contribution in [1.82, 2.24) is 20.5 Å². The van der Waals surface area contributed by atoms with Gasteiger partial charge in [0.2, 0.25) is 5.82 Å². The summed E-state index contributed by atoms with van der Waals surface area (Å²) in [6.45, 7) is 2.47. The van der Waals surface area contributed by atoms with Crippen LogP contribution in [0.4, 0.5) is 0 Å². The number of aromatic amines is 1. The fourth-order valence-corrected chi connectivity index (χ4v) is 1.98. The first-order valence-electron chi connectivity index (χ1n) is 7.08. The summed E-state index contributed by atoms with van der Waals surface area (Å²) in [5.41, 5.74) is 7.32. The van der Waals surface area contributed by atoms with Crippen LogP contribution in [0.25, 0.3) is 0 Å². The van der Waals surface area contributed by atoms with E-state index in [-0.39, 0.29) is 5.82 Å². The van der Waals surface area contributed by atoms with Crippen LogP contribution in [-0.4, -0.2) is 27.6 Å². The summed E-state index contributed by atoms with van der Waals surface area (Å²) in [5, 5.41) is 18.4. The highest BCUT2D eigenvalue weighted by Gasteiger charge is 2.18. The molecule has 4 N–H and O–H groups in total. The van der Waals surface area contributed by atoms with Crippen LogP contribution in [0.15, 0.2) is 24.3 Å². The maximum absolute atomic E-state index is 12.1. The van der Waals surface area contributed by atoms with Crippen molar-refractivity contribution in [3.63, 3.8) is 0 Å². The van der Waals surface area contributed by atoms with E-state index in [1.54, 1.807) is 0 Å². The van der Waals surface area contributed by atoms with Crippen molar-refractivity contribution >= 4 is 5.91 Å². The molecule has 114 valence electrons. The SMILES string of the molecule is CCc1ccc([C@H](C#N)NC(=O)c2n[nH]c(CCN)n2)cc1. The van der Waals surface area contributed by atoms with Gasteiger partial charge in [-0.2, -0.15) is 5.26 Å². The van der Waals surface area contributed by atoms with Crippen LogP contribution in [0.5, 0.6) is 0 Å². The van der Waals surface area contributed by atoms with Gasteiger partial charge in [-0.3, -0.25) is 9.89 Å². The van der Waals surface area contributed by atoms with Gasteiger partial charge in [-0.1, -0.05) is 31.2 Å². The lowest BCUT2D eigenvalue weighted by molar-refractivity contribution is 0.0935. The van der Waals surface area contributed by atoms with Crippen LogP contribution in [0, 0.1) is 11.3 Å². The van der Waals surface area contributed by atoms with E-state index in [0.29, 0.717) is 18.8 Å². The number of nitriles is 1. The Hall–Kier alpha value is -2.72. The van der Waals surface area contributed by atoms with Crippen molar-refractivity contribution in [2.75, 3.05) is 6.54 Å². The molecule has 0 saturated carbocycles. The number of benzene rings is 1. The van der Waals surface area contributed by atoms with Gasteiger partial charge in [-0.05, 0) is 24.1 Å². The van der Waals surface area contributed by atoms with Crippen molar-refractivity contribution < 1.29 is 4.79 Å². The minimum atomic E-state index is -0.741. The van der Waals surface area contributed by atoms with E-state index >= 15 is 0 Å². The monoisotopic (exact) mass is 298 g/mol. The Morgan fingerprint density at radius 1 is 1.45 bits per heavy atom. The number of nitrogens with zero attached hydrogens (tertiary/aromatic N) is 3. The molecule has 0 fully saturated rings. The molecular formula is C15H18N6O. The predicted molar refractivity (Wildman–Crippen MR) is 80.8 cm³/mol. The van der Waals surface area contributed by atoms with Gasteiger partial charge in [0.25, 0.3) is 5.91 Å². The summed E-state index contributed by atoms with van der Waals surface area (Å²) in [6, 6.07) is 8.89. The summed E-state index contributed by atoms with van der Waals surface area (Å²) in [4.78, 5) is 16.1. The van der Waals surface area contributed by atoms with E-state index in [1.807, 2.05) is 24.3 Å². The number of H-pyrrole nitrogens is 1. The molecule has 1 amide bonds. The molecule has 1 atom stereocenters. The van der Waals surface area contributed by atoms with Crippen molar-refractivity contribution in [3.05, 3.63) is 47.0 Å². The van der Waals surface area contributed by atoms with Crippen molar-refractivity contribution in [2.45, 2.75) is 25.8 Å². The number of hydrogen-bond acceptors (Lipinski definition) is 5. The van der Waals surface area contributed by atoms with Crippen molar-refractivity contribution in [2.24, 2.45) is 5.73 Å². The summed E-state index contributed by atoms with van der Waals surface area (Å²) in [6.07, 6.45) is 1.44. The van der Waals surface area contributed by atoms with Crippen LogP contribution >= 0.6 is 0 Å². The molecule has 0 unspecified atom stereocenters. The molecule has 2 rings (SSSR count). The van der Waals surface area contributed by atoms with Gasteiger partial charge in [0.15, 0.2) is 0 Å². The van der Waals surface area contributed by atoms with Gasteiger partial charge in [0.05, 0.1) is 6.07 Å². The molecule has 1 heterocycles. The fraction of sp³-hybridized carbons (Fsp3) is 0.333. The zero-order chi connectivity index (χ0) is 15.9. The Morgan fingerprint density at radius 2 is 2.18 bits per heavy atom. The second-order valence-electron chi connectivity index (χ2n) is 4.78. The summed E-state index contributed by atoms with van der Waals surface area (Å²) < 4.78 is 0. The lowest BCUT2D eigenvalue weighted by Gasteiger charge is -2.11. The van der Waals surface area contributed by atoms with E-state index in [2.05, 4.69) is 33.5 Å². The quantitative estimate of drug-likeness (QED) is 0.730. The molecular weight excluding hydrogens is 280 g/mol. The van der Waals surface area contributed by atoms with Crippen LogP contribution in [0.2, 0.25) is 0 Å². The third-order valence-electron chi connectivity index (χ3n) is 3.24. The van der Waals surface area contributed by atoms with Gasteiger partial charge in [0, 0.05) is 6.42 Å². The Labute approximate surface area is 128 Å². The highest BCUT2D eigenvalue weighted by atomic mass is 16.2. The largest absolute Gasteiger partial charge is 0.330 e. The first-order valence-corrected chi connectivity index (χ1v) is 7.08. The van der Waals surface area contributed by atoms with Gasteiger partial charge in [-0.15, -0.1) is 5.10 Å². The van der Waals surface area contributed by atoms with Crippen LogP contribution in [0.3, 0.4) is 0 Å². The van der Waals surface area contributed by atoms with Crippen LogP contribution in [0.1, 0.15) is 40.5 Å². The van der Waals surface area contributed by atoms with Gasteiger partial charge in [-0.25, -0.2) is 4.98 Å². The normalized spacial score (nSPS) is 11.7. The van der Waals surface area contributed by atoms with Crippen LogP contribution < -0.4 is 11.1 Å². The number of aryl methyl sites for hydroxylation is 1. The molecule has 2 aromatic rings. The van der Waals surface area contributed by atoms with Crippen molar-refractivity contribution in [1.29, 1.82) is 5.26 Å². The van der Waals surface area contributed by atoms with E-state index in [4.69, 9.17) is 5.73 Å². The molecule has 0 radical (unpaired) electrons. The van der Waals surface area contributed by atoms with E-state index in [1.165, 1.54) is 5.56 Å². The molecule has 0 aliphatic carbocycles. The Bertz CT molecular complexity index is 670. The Balaban J connectivity index is 2.08. The van der Waals surface area contributed by atoms with E-state index < -0.39 is 11.9 Å². The maximum atomic E-state index is 12.1. The molecule has 1 aromatic heterocycles. The molecule has 22 heavy (non-hydrogen) atoms. The number of rotatable bonds is 6. The number of carbonyl (C=O) groups excluding carboxylic acids is 1. The minimum Gasteiger partial charge on any atom is -0.330 e. The zero-order valence-corrected chi connectivity index (χ0v) is 12.3. The van der Waals surface area contributed by atoms with Crippen molar-refractivity contribution in [3.8, 4) is 6.07 Å². The number of carbonyl (C=O) groups is 1. The second kappa shape index (κ2) is 7.33. The first-order chi connectivity index (χ1) is 10.7. The Morgan fingerprint density at radius 3 is 2.77 bits per heavy atom. The maximum Gasteiger partial charge on any atom is 0.292 e. The smallest absolute Gasteiger partial charge is 0.292 e. The number of hydrogen-bond donors (Lipinski definition) is 3. The lowest BCUT2D eigenvalue weighted by atomic mass is 10.0. The number of nitrogens with two attached hydrogens (primary N) is 1. The minimum absolute atomic E-state index is 0.00822. The third kappa shape index (κ3) is 3.68. The molecule has 0 aliphatic rings. The predicted octanol–water partition coefficient (Wildman–Crippen LogP) is 0.863. The first kappa shape index (κ1) is 15.7. The van der Waals surface area contributed by atoms with Crippen LogP contribution in [-0.2, 0) is 12.8 Å². The Kier molecular flexibility index (Phi) is 5.22. The number of amides is 1. The average molecular weight is 298 g/mol. The highest BCUT2D eigenvalue weighted by molar-refractivity contribution is 5.90. The summed E-state index contributed by atoms with van der Waals surface area (Å²) >= 11 is 0. The molecule has 0 saturated heterocycles. The molecule has 0 spiro atoms. The summed E-state index contributed by atoms with van der Waals surface area (Å²) in [7, 11) is 0. The molecule has 7 heteroatoms. The molecule has 0 aliphatic heterocycles. The number of aromatic nitrogens is 3. The number of nitrogens with one attached hydrogen (secondary N) is 2. The fourth-order valence-electron chi connectivity index (χ4n) is 1.98. The van der Waals surface area contributed by atoms with E-state index in [9.17, 15) is 10.1 Å². The van der Waals surface area contributed by atoms with Gasteiger partial charge >= 0.3 is 0 Å². The standard InChI is InChI=1S/C15H18N6O/c1-2-10-3-5-11(6-4-10)12(9-17)18-15(22)14-19-13(7-8-16)20-21-14/h3-6,12H,2,7-8,16H2,1H3,(H,18,22)(H,19,20,21)/t12-/m0/s1. The van der Waals surface area contributed by atoms with Gasteiger partial charge < -0.3 is 11.1 Å². The highest BCUT2D eigenvalue weighted by Crippen LogP contribution is 2.14. The zero-order valence-electron chi connectivity index (χ0n) is 12.3. The summed E-state index contributed by atoms with van der Waals surface area (Å²) in [5.74, 6) is 0.0629. The second-order valence-corrected chi connectivity index (χ2v) is 4.78. The molecule has 1 aromatic carbocycles. The molecule has 7 nitrogen and oxygen atoms in total. The third-order valence-corrected chi connectivity index (χ3v) is 3.24. The van der Waals surface area contributed by atoms with Gasteiger partial charge in [0.1, 0.15) is 11.9 Å². The average Bonchev–Trinajstić information content (AvgIpc) is 3.02.